The first-order valence-corrected chi connectivity index (χ1v) is 4.55. The van der Waals surface area contributed by atoms with Crippen LogP contribution in [0.3, 0.4) is 0 Å². The van der Waals surface area contributed by atoms with Gasteiger partial charge in [0, 0.05) is 19.4 Å². The summed E-state index contributed by atoms with van der Waals surface area (Å²) in [5.74, 6) is 0. The van der Waals surface area contributed by atoms with Crippen molar-refractivity contribution in [3.63, 3.8) is 0 Å². The van der Waals surface area contributed by atoms with Crippen LogP contribution < -0.4 is 4.90 Å². The lowest BCUT2D eigenvalue weighted by Crippen LogP contribution is -2.25. The Balaban J connectivity index is 2.30. The molecule has 0 radical (unpaired) electrons. The predicted molar refractivity (Wildman–Crippen MR) is 53.5 cm³/mol. The highest BCUT2D eigenvalue weighted by atomic mass is 15.3. The number of hydrogen-bond donors (Lipinski definition) is 0. The molecule has 0 fully saturated rings. The molecule has 0 atom stereocenters. The summed E-state index contributed by atoms with van der Waals surface area (Å²) in [5, 5.41) is 4.29. The highest BCUT2D eigenvalue weighted by Gasteiger charge is 2.18. The van der Waals surface area contributed by atoms with Crippen molar-refractivity contribution in [1.82, 2.24) is 14.8 Å². The number of anilines is 1. The summed E-state index contributed by atoms with van der Waals surface area (Å²) < 4.78 is 1.97. The Morgan fingerprint density at radius 1 is 1.21 bits per heavy atom. The fourth-order valence-corrected chi connectivity index (χ4v) is 1.85. The first kappa shape index (κ1) is 7.55. The molecule has 1 aliphatic rings. The molecule has 2 aromatic rings. The maximum absolute atomic E-state index is 4.29. The third-order valence-corrected chi connectivity index (χ3v) is 2.54. The summed E-state index contributed by atoms with van der Waals surface area (Å²) >= 11 is 0. The quantitative estimate of drug-likeness (QED) is 0.620. The lowest BCUT2D eigenvalue weighted by molar-refractivity contribution is 0.737. The van der Waals surface area contributed by atoms with Crippen molar-refractivity contribution in [2.24, 2.45) is 0 Å². The van der Waals surface area contributed by atoms with E-state index in [2.05, 4.69) is 22.0 Å². The summed E-state index contributed by atoms with van der Waals surface area (Å²) in [6, 6.07) is 4.03. The zero-order valence-corrected chi connectivity index (χ0v) is 7.88. The molecule has 4 heteroatoms. The van der Waals surface area contributed by atoms with Crippen molar-refractivity contribution < 1.29 is 0 Å². The van der Waals surface area contributed by atoms with Gasteiger partial charge in [-0.2, -0.15) is 5.10 Å². The van der Waals surface area contributed by atoms with Gasteiger partial charge in [0.1, 0.15) is 0 Å². The molecule has 0 bridgehead atoms. The zero-order valence-electron chi connectivity index (χ0n) is 7.88. The van der Waals surface area contributed by atoms with Gasteiger partial charge in [-0.15, -0.1) is 0 Å². The molecule has 0 aliphatic carbocycles. The van der Waals surface area contributed by atoms with E-state index >= 15 is 0 Å². The van der Waals surface area contributed by atoms with Gasteiger partial charge in [-0.25, -0.2) is 4.68 Å². The zero-order chi connectivity index (χ0) is 9.54. The van der Waals surface area contributed by atoms with E-state index in [-0.39, 0.29) is 0 Å². The minimum Gasteiger partial charge on any atom is -0.366 e. The predicted octanol–water partition coefficient (Wildman–Crippen LogP) is 1.22. The van der Waals surface area contributed by atoms with E-state index in [9.17, 15) is 0 Å². The van der Waals surface area contributed by atoms with Gasteiger partial charge in [0.05, 0.1) is 29.8 Å². The molecule has 3 heterocycles. The van der Waals surface area contributed by atoms with E-state index in [0.717, 1.165) is 17.9 Å². The number of fused-ring (bicyclic) bond motifs is 3. The van der Waals surface area contributed by atoms with Crippen LogP contribution in [0.5, 0.6) is 0 Å². The van der Waals surface area contributed by atoms with Gasteiger partial charge < -0.3 is 4.90 Å². The molecule has 1 aliphatic heterocycles. The maximum Gasteiger partial charge on any atom is 0.0914 e. The molecule has 2 aromatic heterocycles. The number of pyridine rings is 1. The Morgan fingerprint density at radius 3 is 3.07 bits per heavy atom. The third kappa shape index (κ3) is 0.878. The van der Waals surface area contributed by atoms with Gasteiger partial charge in [-0.1, -0.05) is 0 Å². The maximum atomic E-state index is 4.29. The van der Waals surface area contributed by atoms with Crippen LogP contribution in [0.2, 0.25) is 0 Å². The van der Waals surface area contributed by atoms with E-state index in [0.29, 0.717) is 0 Å². The van der Waals surface area contributed by atoms with E-state index in [4.69, 9.17) is 0 Å². The fourth-order valence-electron chi connectivity index (χ4n) is 1.85. The molecule has 0 N–H and O–H groups in total. The van der Waals surface area contributed by atoms with Crippen molar-refractivity contribution in [2.45, 2.75) is 6.54 Å². The molecule has 0 amide bonds. The topological polar surface area (TPSA) is 34.0 Å². The van der Waals surface area contributed by atoms with Crippen molar-refractivity contribution in [1.29, 1.82) is 0 Å². The average Bonchev–Trinajstić information content (AvgIpc) is 2.66. The molecular weight excluding hydrogens is 176 g/mol. The SMILES string of the molecule is CN1Cc2ccnn2-c2ccncc21. The second-order valence-corrected chi connectivity index (χ2v) is 3.45. The van der Waals surface area contributed by atoms with Crippen molar-refractivity contribution in [2.75, 3.05) is 11.9 Å². The minimum absolute atomic E-state index is 0.888. The van der Waals surface area contributed by atoms with Gasteiger partial charge in [0.25, 0.3) is 0 Å². The van der Waals surface area contributed by atoms with Crippen LogP contribution in [0.15, 0.2) is 30.7 Å². The standard InChI is InChI=1S/C10H10N4/c1-13-7-8-2-5-12-14(8)9-3-4-11-6-10(9)13/h2-6H,7H2,1H3. The summed E-state index contributed by atoms with van der Waals surface area (Å²) in [6.45, 7) is 0.888. The second kappa shape index (κ2) is 2.57. The molecule has 0 saturated heterocycles. The molecule has 0 aromatic carbocycles. The molecule has 3 rings (SSSR count). The third-order valence-electron chi connectivity index (χ3n) is 2.54. The van der Waals surface area contributed by atoms with Gasteiger partial charge in [0.2, 0.25) is 0 Å². The Morgan fingerprint density at radius 2 is 2.14 bits per heavy atom. The lowest BCUT2D eigenvalue weighted by Gasteiger charge is -2.27. The number of hydrogen-bond acceptors (Lipinski definition) is 3. The Labute approximate surface area is 81.8 Å². The molecule has 14 heavy (non-hydrogen) atoms. The van der Waals surface area contributed by atoms with Crippen molar-refractivity contribution in [3.8, 4) is 5.69 Å². The summed E-state index contributed by atoms with van der Waals surface area (Å²) in [6.07, 6.45) is 5.50. The highest BCUT2D eigenvalue weighted by Crippen LogP contribution is 2.28. The van der Waals surface area contributed by atoms with Crippen LogP contribution in [0.1, 0.15) is 5.69 Å². The van der Waals surface area contributed by atoms with E-state index < -0.39 is 0 Å². The number of rotatable bonds is 0. The van der Waals surface area contributed by atoms with Gasteiger partial charge in [0.15, 0.2) is 0 Å². The van der Waals surface area contributed by atoms with Crippen LogP contribution >= 0.6 is 0 Å². The van der Waals surface area contributed by atoms with Crippen molar-refractivity contribution in [3.05, 3.63) is 36.4 Å². The summed E-state index contributed by atoms with van der Waals surface area (Å²) in [5.41, 5.74) is 3.45. The van der Waals surface area contributed by atoms with Gasteiger partial charge in [-0.3, -0.25) is 4.98 Å². The minimum atomic E-state index is 0.888. The van der Waals surface area contributed by atoms with Crippen LogP contribution in [0.4, 0.5) is 5.69 Å². The largest absolute Gasteiger partial charge is 0.366 e. The van der Waals surface area contributed by atoms with E-state index in [1.165, 1.54) is 5.69 Å². The molecule has 70 valence electrons. The van der Waals surface area contributed by atoms with Gasteiger partial charge in [-0.05, 0) is 12.1 Å². The fraction of sp³-hybridized carbons (Fsp3) is 0.200. The van der Waals surface area contributed by atoms with Gasteiger partial charge >= 0.3 is 0 Å². The Hall–Kier alpha value is -1.84. The lowest BCUT2D eigenvalue weighted by atomic mass is 10.2. The second-order valence-electron chi connectivity index (χ2n) is 3.45. The van der Waals surface area contributed by atoms with E-state index in [1.54, 1.807) is 6.20 Å². The van der Waals surface area contributed by atoms with E-state index in [1.807, 2.05) is 29.2 Å². The van der Waals surface area contributed by atoms with Crippen LogP contribution in [0.25, 0.3) is 5.69 Å². The normalized spacial score (nSPS) is 13.6. The first-order valence-electron chi connectivity index (χ1n) is 4.55. The molecule has 0 spiro atoms. The Kier molecular flexibility index (Phi) is 1.39. The molecule has 0 unspecified atom stereocenters. The Bertz CT molecular complexity index is 474. The van der Waals surface area contributed by atoms with Crippen molar-refractivity contribution >= 4 is 5.69 Å². The molecule has 0 saturated carbocycles. The highest BCUT2D eigenvalue weighted by molar-refractivity contribution is 5.63. The van der Waals surface area contributed by atoms with Crippen LogP contribution in [0, 0.1) is 0 Å². The smallest absolute Gasteiger partial charge is 0.0914 e. The summed E-state index contributed by atoms with van der Waals surface area (Å²) in [4.78, 5) is 6.30. The van der Waals surface area contributed by atoms with Crippen LogP contribution in [-0.2, 0) is 6.54 Å². The number of nitrogens with zero attached hydrogens (tertiary/aromatic N) is 4. The monoisotopic (exact) mass is 186 g/mol. The summed E-state index contributed by atoms with van der Waals surface area (Å²) in [7, 11) is 2.07. The van der Waals surface area contributed by atoms with Crippen LogP contribution in [-0.4, -0.2) is 21.8 Å². The molecule has 4 nitrogen and oxygen atoms in total. The first-order chi connectivity index (χ1) is 6.86. The number of aromatic nitrogens is 3. The average molecular weight is 186 g/mol. The molecular formula is C10H10N4.